The fourth-order valence-electron chi connectivity index (χ4n) is 4.39. The Labute approximate surface area is 211 Å². The first-order valence-corrected chi connectivity index (χ1v) is 13.2. The smallest absolute Gasteiger partial charge is 0.166 e. The van der Waals surface area contributed by atoms with Gasteiger partial charge in [-0.1, -0.05) is 0 Å². The molecular formula is C25H36N8OS. The molecule has 2 aromatic heterocycles. The molecule has 4 rings (SSSR count). The molecule has 2 unspecified atom stereocenters. The topological polar surface area (TPSA) is 139 Å². The van der Waals surface area contributed by atoms with Crippen LogP contribution in [-0.2, 0) is 4.74 Å². The summed E-state index contributed by atoms with van der Waals surface area (Å²) >= 11 is 1.12. The van der Waals surface area contributed by atoms with E-state index < -0.39 is 0 Å². The van der Waals surface area contributed by atoms with E-state index in [1.165, 1.54) is 25.9 Å². The number of nitrogens with one attached hydrogen (secondary N) is 2. The zero-order valence-corrected chi connectivity index (χ0v) is 21.2. The van der Waals surface area contributed by atoms with Crippen LogP contribution in [0.15, 0.2) is 35.6 Å². The minimum atomic E-state index is -0.178. The molecule has 2 aliphatic rings. The lowest BCUT2D eigenvalue weighted by Crippen LogP contribution is -2.24. The van der Waals surface area contributed by atoms with Gasteiger partial charge in [-0.2, -0.15) is 0 Å². The van der Waals surface area contributed by atoms with Gasteiger partial charge in [0.2, 0.25) is 0 Å². The number of aliphatic imine (C=N–C) groups is 1. The maximum Gasteiger partial charge on any atom is 0.166 e. The molecule has 0 amide bonds. The van der Waals surface area contributed by atoms with Crippen molar-refractivity contribution in [2.45, 2.75) is 51.2 Å². The Morgan fingerprint density at radius 1 is 1.34 bits per heavy atom. The molecule has 2 atom stereocenters. The highest BCUT2D eigenvalue weighted by atomic mass is 32.2. The molecule has 0 saturated carbocycles. The third-order valence-electron chi connectivity index (χ3n) is 6.26. The molecule has 0 bridgehead atoms. The van der Waals surface area contributed by atoms with E-state index in [-0.39, 0.29) is 17.3 Å². The maximum atomic E-state index is 8.17. The lowest BCUT2D eigenvalue weighted by molar-refractivity contribution is 0.160. The summed E-state index contributed by atoms with van der Waals surface area (Å²) in [6.45, 7) is 7.15. The highest BCUT2D eigenvalue weighted by Crippen LogP contribution is 2.24. The molecule has 9 nitrogen and oxygen atoms in total. The average molecular weight is 497 g/mol. The summed E-state index contributed by atoms with van der Waals surface area (Å²) in [4.78, 5) is 16.1. The van der Waals surface area contributed by atoms with Crippen molar-refractivity contribution in [3.05, 3.63) is 36.2 Å². The van der Waals surface area contributed by atoms with E-state index in [9.17, 15) is 0 Å². The number of nitrogens with two attached hydrogens (primary N) is 2. The maximum absolute atomic E-state index is 8.17. The van der Waals surface area contributed by atoms with Gasteiger partial charge in [-0.3, -0.25) is 10.4 Å². The Morgan fingerprint density at radius 3 is 2.91 bits per heavy atom. The van der Waals surface area contributed by atoms with Gasteiger partial charge in [0.05, 0.1) is 11.0 Å². The normalized spacial score (nSPS) is 20.5. The highest BCUT2D eigenvalue weighted by molar-refractivity contribution is 8.26. The summed E-state index contributed by atoms with van der Waals surface area (Å²) in [7, 11) is 0. The second kappa shape index (κ2) is 12.4. The van der Waals surface area contributed by atoms with Gasteiger partial charge in [0.1, 0.15) is 11.1 Å². The summed E-state index contributed by atoms with van der Waals surface area (Å²) in [5.74, 6) is 0.480. The van der Waals surface area contributed by atoms with E-state index >= 15 is 0 Å². The van der Waals surface area contributed by atoms with Crippen molar-refractivity contribution in [3.63, 3.8) is 0 Å². The molecule has 4 heterocycles. The van der Waals surface area contributed by atoms with Crippen LogP contribution in [0.2, 0.25) is 0 Å². The number of rotatable bonds is 9. The Hall–Kier alpha value is -2.53. The minimum absolute atomic E-state index is 0.155. The van der Waals surface area contributed by atoms with Crippen molar-refractivity contribution in [1.82, 2.24) is 20.2 Å². The monoisotopic (exact) mass is 496 g/mol. The molecule has 0 radical (unpaired) electrons. The predicted molar refractivity (Wildman–Crippen MR) is 145 cm³/mol. The van der Waals surface area contributed by atoms with Crippen LogP contribution < -0.4 is 16.8 Å². The van der Waals surface area contributed by atoms with Crippen LogP contribution in [0.25, 0.3) is 16.6 Å². The van der Waals surface area contributed by atoms with Gasteiger partial charge in [0.25, 0.3) is 0 Å². The van der Waals surface area contributed by atoms with Gasteiger partial charge in [-0.25, -0.2) is 9.98 Å². The van der Waals surface area contributed by atoms with E-state index in [0.717, 1.165) is 66.3 Å². The van der Waals surface area contributed by atoms with Crippen molar-refractivity contribution in [1.29, 1.82) is 5.41 Å². The Kier molecular flexibility index (Phi) is 9.08. The van der Waals surface area contributed by atoms with E-state index in [2.05, 4.69) is 25.2 Å². The molecule has 2 saturated heterocycles. The molecule has 6 N–H and O–H groups in total. The summed E-state index contributed by atoms with van der Waals surface area (Å²) in [6.07, 6.45) is 9.23. The SMILES string of the molecule is CC(N)/C(=C\NCCCN1CCCC1)c1cnc2ccc(N=C(N)SC(=N)C3CCCO3)nc2c1. The lowest BCUT2D eigenvalue weighted by Gasteiger charge is -2.15. The predicted octanol–water partition coefficient (Wildman–Crippen LogP) is 3.23. The van der Waals surface area contributed by atoms with Crippen molar-refractivity contribution in [2.24, 2.45) is 16.5 Å². The number of aromatic nitrogens is 2. The molecule has 2 fully saturated rings. The van der Waals surface area contributed by atoms with Crippen LogP contribution >= 0.6 is 11.8 Å². The zero-order chi connectivity index (χ0) is 24.6. The first-order chi connectivity index (χ1) is 17.0. The van der Waals surface area contributed by atoms with Gasteiger partial charge in [-0.15, -0.1) is 0 Å². The Bertz CT molecular complexity index is 1070. The summed E-state index contributed by atoms with van der Waals surface area (Å²) < 4.78 is 5.54. The van der Waals surface area contributed by atoms with Gasteiger partial charge in [0, 0.05) is 37.2 Å². The van der Waals surface area contributed by atoms with Crippen molar-refractivity contribution in [2.75, 3.05) is 32.8 Å². The summed E-state index contributed by atoms with van der Waals surface area (Å²) in [6, 6.07) is 5.49. The van der Waals surface area contributed by atoms with Gasteiger partial charge in [0.15, 0.2) is 11.0 Å². The van der Waals surface area contributed by atoms with Gasteiger partial charge in [-0.05, 0) is 94.2 Å². The number of hydrogen-bond donors (Lipinski definition) is 4. The van der Waals surface area contributed by atoms with Gasteiger partial charge >= 0.3 is 0 Å². The molecular weight excluding hydrogens is 460 g/mol. The fourth-order valence-corrected chi connectivity index (χ4v) is 5.07. The quantitative estimate of drug-likeness (QED) is 0.236. The van der Waals surface area contributed by atoms with E-state index in [4.69, 9.17) is 21.6 Å². The summed E-state index contributed by atoms with van der Waals surface area (Å²) in [5, 5.41) is 12.3. The van der Waals surface area contributed by atoms with Crippen molar-refractivity contribution < 1.29 is 4.74 Å². The average Bonchev–Trinajstić information content (AvgIpc) is 3.55. The first kappa shape index (κ1) is 25.6. The molecule has 0 spiro atoms. The molecule has 0 aliphatic carbocycles. The first-order valence-electron chi connectivity index (χ1n) is 12.4. The number of pyridine rings is 2. The number of amidine groups is 1. The van der Waals surface area contributed by atoms with E-state index in [0.29, 0.717) is 17.5 Å². The molecule has 188 valence electrons. The van der Waals surface area contributed by atoms with Crippen LogP contribution in [0.4, 0.5) is 5.82 Å². The molecule has 0 aromatic carbocycles. The number of fused-ring (bicyclic) bond motifs is 1. The largest absolute Gasteiger partial charge is 0.391 e. The molecule has 35 heavy (non-hydrogen) atoms. The molecule has 10 heteroatoms. The highest BCUT2D eigenvalue weighted by Gasteiger charge is 2.21. The molecule has 2 aromatic rings. The van der Waals surface area contributed by atoms with Crippen LogP contribution in [0.1, 0.15) is 44.6 Å². The zero-order valence-electron chi connectivity index (χ0n) is 20.4. The minimum Gasteiger partial charge on any atom is -0.391 e. The van der Waals surface area contributed by atoms with Crippen LogP contribution in [0.5, 0.6) is 0 Å². The lowest BCUT2D eigenvalue weighted by atomic mass is 10.0. The Balaban J connectivity index is 1.42. The fraction of sp³-hybridized carbons (Fsp3) is 0.520. The number of thioether (sulfide) groups is 1. The van der Waals surface area contributed by atoms with Crippen molar-refractivity contribution in [3.8, 4) is 0 Å². The Morgan fingerprint density at radius 2 is 2.17 bits per heavy atom. The second-order valence-corrected chi connectivity index (χ2v) is 10.2. The van der Waals surface area contributed by atoms with Crippen LogP contribution in [0, 0.1) is 5.41 Å². The van der Waals surface area contributed by atoms with Crippen LogP contribution in [0.3, 0.4) is 0 Å². The summed E-state index contributed by atoms with van der Waals surface area (Å²) in [5.41, 5.74) is 15.8. The third kappa shape index (κ3) is 7.23. The van der Waals surface area contributed by atoms with Crippen LogP contribution in [-0.4, -0.2) is 70.0 Å². The number of hydrogen-bond acceptors (Lipinski definition) is 9. The third-order valence-corrected chi connectivity index (χ3v) is 7.04. The van der Waals surface area contributed by atoms with E-state index in [1.807, 2.05) is 31.5 Å². The molecule has 2 aliphatic heterocycles. The van der Waals surface area contributed by atoms with Gasteiger partial charge < -0.3 is 26.4 Å². The number of likely N-dealkylation sites (tertiary alicyclic amines) is 1. The second-order valence-electron chi connectivity index (χ2n) is 9.09. The van der Waals surface area contributed by atoms with E-state index in [1.54, 1.807) is 6.07 Å². The standard InChI is InChI=1S/C25H36N8OS/c1-17(26)19(16-29-9-5-12-33-10-2-3-11-33)18-14-21-20(30-15-18)7-8-23(31-21)32-25(28)35-24(27)22-6-4-13-34-22/h7-8,14-17,22,27,29H,2-6,9-13,26H2,1H3,(H2,28,31,32)/b19-16+,27-24?. The van der Waals surface area contributed by atoms with Crippen molar-refractivity contribution >= 4 is 44.4 Å². The number of nitrogens with zero attached hydrogens (tertiary/aromatic N) is 4. The number of ether oxygens (including phenoxy) is 1.